The third-order valence-electron chi connectivity index (χ3n) is 6.47. The van der Waals surface area contributed by atoms with Crippen LogP contribution in [0.15, 0.2) is 53.5 Å². The van der Waals surface area contributed by atoms with Crippen LogP contribution in [0, 0.1) is 10.8 Å². The lowest BCUT2D eigenvalue weighted by molar-refractivity contribution is -0.144. The second-order valence-corrected chi connectivity index (χ2v) is 11.5. The number of anilines is 2. The number of nitrogens with zero attached hydrogens (tertiary/aromatic N) is 3. The smallest absolute Gasteiger partial charge is 0.342 e. The average molecular weight is 450 g/mol. The average Bonchev–Trinajstić information content (AvgIpc) is 3.07. The van der Waals surface area contributed by atoms with Crippen LogP contribution in [0.25, 0.3) is 0 Å². The van der Waals surface area contributed by atoms with Crippen LogP contribution in [0.4, 0.5) is 11.4 Å². The van der Waals surface area contributed by atoms with E-state index in [9.17, 15) is 4.79 Å². The fourth-order valence-corrected chi connectivity index (χ4v) is 4.41. The largest absolute Gasteiger partial charge is 0.409 e. The zero-order valence-electron chi connectivity index (χ0n) is 21.9. The maximum atomic E-state index is 13.8. The number of carbonyl (C=O) groups is 1. The SMILES string of the molecule is CN(C)c1ccc(C(c2ccc(N(C)C)cc2)C2(C(C)(C)C)N=C(C(C)(C)C)OC2=O)cc1. The lowest BCUT2D eigenvalue weighted by atomic mass is 9.62. The van der Waals surface area contributed by atoms with E-state index >= 15 is 0 Å². The maximum absolute atomic E-state index is 13.8. The fourth-order valence-electron chi connectivity index (χ4n) is 4.41. The number of rotatable bonds is 5. The predicted octanol–water partition coefficient (Wildman–Crippen LogP) is 5.74. The molecular weight excluding hydrogens is 410 g/mol. The third-order valence-corrected chi connectivity index (χ3v) is 6.47. The van der Waals surface area contributed by atoms with Gasteiger partial charge in [0, 0.05) is 50.9 Å². The molecule has 0 saturated carbocycles. The predicted molar refractivity (Wildman–Crippen MR) is 139 cm³/mol. The van der Waals surface area contributed by atoms with Crippen LogP contribution in [0.3, 0.4) is 0 Å². The second-order valence-electron chi connectivity index (χ2n) is 11.5. The topological polar surface area (TPSA) is 45.1 Å². The summed E-state index contributed by atoms with van der Waals surface area (Å²) in [6.45, 7) is 12.3. The molecule has 2 aromatic rings. The van der Waals surface area contributed by atoms with E-state index in [1.807, 2.05) is 49.0 Å². The van der Waals surface area contributed by atoms with Crippen molar-refractivity contribution in [3.05, 3.63) is 59.7 Å². The molecule has 0 radical (unpaired) electrons. The molecule has 0 aliphatic carbocycles. The van der Waals surface area contributed by atoms with Crippen LogP contribution < -0.4 is 9.80 Å². The number of cyclic esters (lactones) is 1. The van der Waals surface area contributed by atoms with Crippen LogP contribution in [-0.4, -0.2) is 45.6 Å². The zero-order valence-corrected chi connectivity index (χ0v) is 21.9. The summed E-state index contributed by atoms with van der Waals surface area (Å²) in [4.78, 5) is 23.1. The summed E-state index contributed by atoms with van der Waals surface area (Å²) in [5, 5.41) is 0. The van der Waals surface area contributed by atoms with Crippen LogP contribution in [-0.2, 0) is 9.53 Å². The molecule has 1 aliphatic rings. The third kappa shape index (κ3) is 4.50. The van der Waals surface area contributed by atoms with Gasteiger partial charge < -0.3 is 14.5 Å². The van der Waals surface area contributed by atoms with Gasteiger partial charge in [-0.2, -0.15) is 0 Å². The van der Waals surface area contributed by atoms with Crippen molar-refractivity contribution in [2.24, 2.45) is 15.8 Å². The Labute approximate surface area is 199 Å². The van der Waals surface area contributed by atoms with Crippen molar-refractivity contribution in [1.82, 2.24) is 0 Å². The van der Waals surface area contributed by atoms with Crippen molar-refractivity contribution in [2.75, 3.05) is 38.0 Å². The Bertz CT molecular complexity index is 971. The fraction of sp³-hybridized carbons (Fsp3) is 0.500. The number of hydrogen-bond acceptors (Lipinski definition) is 5. The summed E-state index contributed by atoms with van der Waals surface area (Å²) in [6.07, 6.45) is 0. The molecule has 1 unspecified atom stereocenters. The van der Waals surface area contributed by atoms with Gasteiger partial charge in [0.25, 0.3) is 0 Å². The minimum absolute atomic E-state index is 0.279. The van der Waals surface area contributed by atoms with Gasteiger partial charge in [0.15, 0.2) is 11.4 Å². The van der Waals surface area contributed by atoms with E-state index in [1.54, 1.807) is 0 Å². The normalized spacial score (nSPS) is 18.9. The van der Waals surface area contributed by atoms with E-state index in [4.69, 9.17) is 9.73 Å². The van der Waals surface area contributed by atoms with Crippen molar-refractivity contribution in [3.63, 3.8) is 0 Å². The van der Waals surface area contributed by atoms with Crippen molar-refractivity contribution >= 4 is 23.2 Å². The molecule has 1 atom stereocenters. The summed E-state index contributed by atoms with van der Waals surface area (Å²) in [7, 11) is 8.10. The number of carbonyl (C=O) groups excluding carboxylic acids is 1. The van der Waals surface area contributed by atoms with Gasteiger partial charge in [-0.15, -0.1) is 0 Å². The standard InChI is InChI=1S/C28H39N3O2/c1-26(2,3)24-29-28(25(32)33-24,27(4,5)6)23(19-11-15-21(16-12-19)30(7)8)20-13-17-22(18-14-20)31(9)10/h11-18,23H,1-10H3. The van der Waals surface area contributed by atoms with Crippen molar-refractivity contribution < 1.29 is 9.53 Å². The van der Waals surface area contributed by atoms with Crippen LogP contribution in [0.2, 0.25) is 0 Å². The second kappa shape index (κ2) is 8.51. The molecule has 0 amide bonds. The summed E-state index contributed by atoms with van der Waals surface area (Å²) >= 11 is 0. The Morgan fingerprint density at radius 3 is 1.42 bits per heavy atom. The van der Waals surface area contributed by atoms with E-state index < -0.39 is 11.0 Å². The molecule has 0 aromatic heterocycles. The first-order chi connectivity index (χ1) is 15.2. The Morgan fingerprint density at radius 2 is 1.15 bits per heavy atom. The molecular formula is C28H39N3O2. The number of benzene rings is 2. The van der Waals surface area contributed by atoms with Gasteiger partial charge in [-0.25, -0.2) is 9.79 Å². The maximum Gasteiger partial charge on any atom is 0.342 e. The molecule has 5 heteroatoms. The highest BCUT2D eigenvalue weighted by Gasteiger charge is 2.61. The monoisotopic (exact) mass is 449 g/mol. The van der Waals surface area contributed by atoms with Crippen molar-refractivity contribution in [2.45, 2.75) is 53.0 Å². The molecule has 1 heterocycles. The molecule has 1 aliphatic heterocycles. The first kappa shape index (κ1) is 24.8. The molecule has 3 rings (SSSR count). The van der Waals surface area contributed by atoms with Gasteiger partial charge >= 0.3 is 5.97 Å². The number of esters is 1. The van der Waals surface area contributed by atoms with Crippen LogP contribution in [0.5, 0.6) is 0 Å². The lowest BCUT2D eigenvalue weighted by Crippen LogP contribution is -2.51. The molecule has 0 fully saturated rings. The highest BCUT2D eigenvalue weighted by Crippen LogP contribution is 2.52. The Morgan fingerprint density at radius 1 is 0.758 bits per heavy atom. The van der Waals surface area contributed by atoms with E-state index in [-0.39, 0.29) is 17.3 Å². The molecule has 0 N–H and O–H groups in total. The Balaban J connectivity index is 2.30. The van der Waals surface area contributed by atoms with Crippen LogP contribution >= 0.6 is 0 Å². The number of ether oxygens (including phenoxy) is 1. The highest BCUT2D eigenvalue weighted by molar-refractivity contribution is 6.03. The summed E-state index contributed by atoms with van der Waals surface area (Å²) in [5.74, 6) is -0.0715. The quantitative estimate of drug-likeness (QED) is 0.546. The summed E-state index contributed by atoms with van der Waals surface area (Å²) < 4.78 is 5.91. The first-order valence-electron chi connectivity index (χ1n) is 11.6. The Kier molecular flexibility index (Phi) is 6.40. The molecule has 2 aromatic carbocycles. The summed E-state index contributed by atoms with van der Waals surface area (Å²) in [6, 6.07) is 16.9. The molecule has 0 bridgehead atoms. The van der Waals surface area contributed by atoms with E-state index in [2.05, 4.69) is 79.1 Å². The Hall–Kier alpha value is -2.82. The highest BCUT2D eigenvalue weighted by atomic mass is 16.6. The minimum atomic E-state index is -1.09. The van der Waals surface area contributed by atoms with Gasteiger partial charge in [0.1, 0.15) is 0 Å². The van der Waals surface area contributed by atoms with Gasteiger partial charge in [0.2, 0.25) is 0 Å². The molecule has 178 valence electrons. The lowest BCUT2D eigenvalue weighted by Gasteiger charge is -2.42. The molecule has 5 nitrogen and oxygen atoms in total. The summed E-state index contributed by atoms with van der Waals surface area (Å²) in [5.41, 5.74) is 2.37. The van der Waals surface area contributed by atoms with Crippen molar-refractivity contribution in [3.8, 4) is 0 Å². The molecule has 33 heavy (non-hydrogen) atoms. The van der Waals surface area contributed by atoms with Gasteiger partial charge in [-0.1, -0.05) is 65.8 Å². The van der Waals surface area contributed by atoms with Gasteiger partial charge in [-0.05, 0) is 40.8 Å². The molecule has 0 spiro atoms. The van der Waals surface area contributed by atoms with E-state index in [0.717, 1.165) is 22.5 Å². The van der Waals surface area contributed by atoms with Crippen LogP contribution in [0.1, 0.15) is 58.6 Å². The van der Waals surface area contributed by atoms with Gasteiger partial charge in [-0.3, -0.25) is 0 Å². The first-order valence-corrected chi connectivity index (χ1v) is 11.6. The number of hydrogen-bond donors (Lipinski definition) is 0. The van der Waals surface area contributed by atoms with E-state index in [1.165, 1.54) is 0 Å². The van der Waals surface area contributed by atoms with Crippen molar-refractivity contribution in [1.29, 1.82) is 0 Å². The van der Waals surface area contributed by atoms with E-state index in [0.29, 0.717) is 5.90 Å². The zero-order chi connectivity index (χ0) is 24.8. The van der Waals surface area contributed by atoms with Gasteiger partial charge in [0.05, 0.1) is 0 Å². The minimum Gasteiger partial charge on any atom is -0.409 e. The molecule has 0 saturated heterocycles. The number of aliphatic imine (C=N–C) groups is 1.